The molecule has 0 aliphatic heterocycles. The van der Waals surface area contributed by atoms with Crippen molar-refractivity contribution in [2.45, 2.75) is 18.5 Å². The van der Waals surface area contributed by atoms with E-state index >= 15 is 0 Å². The van der Waals surface area contributed by atoms with Crippen LogP contribution in [0.4, 0.5) is 0 Å². The quantitative estimate of drug-likeness (QED) is 0.225. The summed E-state index contributed by atoms with van der Waals surface area (Å²) in [5, 5.41) is 15.5. The minimum Gasteiger partial charge on any atom is -0.493 e. The number of aliphatic hydroxyl groups is 1. The Morgan fingerprint density at radius 3 is 1.80 bits per heavy atom. The molecule has 7 heteroatoms. The maximum atomic E-state index is 9.70. The van der Waals surface area contributed by atoms with E-state index in [0.717, 1.165) is 39.0 Å². The van der Waals surface area contributed by atoms with Gasteiger partial charge in [-0.05, 0) is 22.8 Å². The molecule has 0 aliphatic rings. The van der Waals surface area contributed by atoms with E-state index in [1.807, 2.05) is 41.3 Å². The Bertz CT molecular complexity index is 1650. The van der Waals surface area contributed by atoms with E-state index in [0.29, 0.717) is 24.5 Å². The predicted octanol–water partition coefficient (Wildman–Crippen LogP) is 5.67. The molecule has 2 aromatic heterocycles. The highest BCUT2D eigenvalue weighted by Gasteiger charge is 2.38. The molecule has 0 saturated carbocycles. The van der Waals surface area contributed by atoms with Gasteiger partial charge < -0.3 is 19.1 Å². The fourth-order valence-corrected chi connectivity index (χ4v) is 5.74. The van der Waals surface area contributed by atoms with Gasteiger partial charge in [0.25, 0.3) is 0 Å². The van der Waals surface area contributed by atoms with Gasteiger partial charge in [0.05, 0.1) is 44.0 Å². The van der Waals surface area contributed by atoms with Crippen molar-refractivity contribution in [3.05, 3.63) is 144 Å². The number of methoxy groups -OCH3 is 2. The van der Waals surface area contributed by atoms with Crippen LogP contribution < -0.4 is 9.47 Å². The first-order valence-electron chi connectivity index (χ1n) is 13.6. The van der Waals surface area contributed by atoms with Gasteiger partial charge in [0, 0.05) is 30.7 Å². The highest BCUT2D eigenvalue weighted by Crippen LogP contribution is 2.41. The fourth-order valence-electron chi connectivity index (χ4n) is 5.74. The molecule has 7 nitrogen and oxygen atoms in total. The molecule has 6 aromatic rings. The van der Waals surface area contributed by atoms with Gasteiger partial charge in [-0.25, -0.2) is 4.98 Å². The molecule has 206 valence electrons. The number of hydrogen-bond donors (Lipinski definition) is 1. The van der Waals surface area contributed by atoms with E-state index in [1.165, 1.54) is 0 Å². The molecule has 0 saturated heterocycles. The molecule has 41 heavy (non-hydrogen) atoms. The normalized spacial score (nSPS) is 11.6. The summed E-state index contributed by atoms with van der Waals surface area (Å²) in [6, 6.07) is 35.5. The lowest BCUT2D eigenvalue weighted by atomic mass is 9.77. The molecule has 6 rings (SSSR count). The van der Waals surface area contributed by atoms with E-state index in [-0.39, 0.29) is 6.61 Å². The van der Waals surface area contributed by atoms with Crippen LogP contribution in [-0.4, -0.2) is 45.3 Å². The Labute approximate surface area is 239 Å². The zero-order valence-corrected chi connectivity index (χ0v) is 23.1. The summed E-state index contributed by atoms with van der Waals surface area (Å²) in [4.78, 5) is 4.89. The molecule has 0 radical (unpaired) electrons. The second-order valence-corrected chi connectivity index (χ2v) is 9.88. The minimum atomic E-state index is -0.639. The van der Waals surface area contributed by atoms with Crippen LogP contribution in [0.25, 0.3) is 10.9 Å². The van der Waals surface area contributed by atoms with E-state index < -0.39 is 5.54 Å². The largest absolute Gasteiger partial charge is 0.493 e. The number of aliphatic hydroxyl groups excluding tert-OH is 1. The average molecular weight is 545 g/mol. The number of fused-ring (bicyclic) bond motifs is 1. The van der Waals surface area contributed by atoms with Crippen molar-refractivity contribution >= 4 is 10.9 Å². The number of hydrogen-bond acceptors (Lipinski definition) is 5. The predicted molar refractivity (Wildman–Crippen MR) is 160 cm³/mol. The molecule has 0 amide bonds. The van der Waals surface area contributed by atoms with Gasteiger partial charge >= 0.3 is 0 Å². The highest BCUT2D eigenvalue weighted by molar-refractivity contribution is 5.86. The number of imidazole rings is 1. The monoisotopic (exact) mass is 544 g/mol. The summed E-state index contributed by atoms with van der Waals surface area (Å²) in [6.45, 7) is 0.446. The lowest BCUT2D eigenvalue weighted by Crippen LogP contribution is -2.36. The van der Waals surface area contributed by atoms with Crippen LogP contribution in [0.1, 0.15) is 28.1 Å². The van der Waals surface area contributed by atoms with Crippen molar-refractivity contribution in [3.63, 3.8) is 0 Å². The zero-order chi connectivity index (χ0) is 28.2. The number of nitrogens with zero attached hydrogens (tertiary/aromatic N) is 4. The molecule has 0 unspecified atom stereocenters. The summed E-state index contributed by atoms with van der Waals surface area (Å²) in [7, 11) is 3.24. The van der Waals surface area contributed by atoms with Crippen molar-refractivity contribution in [3.8, 4) is 11.5 Å². The fraction of sp³-hybridized carbons (Fsp3) is 0.176. The van der Waals surface area contributed by atoms with E-state index in [4.69, 9.17) is 19.6 Å². The summed E-state index contributed by atoms with van der Waals surface area (Å²) < 4.78 is 15.2. The molecule has 4 aromatic carbocycles. The minimum absolute atomic E-state index is 0.00281. The summed E-state index contributed by atoms with van der Waals surface area (Å²) >= 11 is 0. The third-order valence-corrected chi connectivity index (χ3v) is 7.59. The van der Waals surface area contributed by atoms with Gasteiger partial charge in [-0.2, -0.15) is 5.10 Å². The molecule has 1 N–H and O–H groups in total. The van der Waals surface area contributed by atoms with E-state index in [1.54, 1.807) is 14.2 Å². The topological polar surface area (TPSA) is 74.3 Å². The van der Waals surface area contributed by atoms with Crippen LogP contribution >= 0.6 is 0 Å². The summed E-state index contributed by atoms with van der Waals surface area (Å²) in [5.74, 6) is 1.25. The van der Waals surface area contributed by atoms with Gasteiger partial charge in [-0.3, -0.25) is 4.68 Å². The summed E-state index contributed by atoms with van der Waals surface area (Å²) in [6.07, 6.45) is 4.45. The third-order valence-electron chi connectivity index (χ3n) is 7.59. The van der Waals surface area contributed by atoms with Crippen LogP contribution in [0.15, 0.2) is 116 Å². The molecule has 2 heterocycles. The standard InChI is InChI=1S/C34H32N4O3/c1-40-32-20-29-30(18-19-39)36-38(31(29)21-33(32)41-2)23-28-22-37(24-35-28)34(25-12-6-3-7-13-25,26-14-8-4-9-15-26)27-16-10-5-11-17-27/h3-17,20-22,24,39H,18-19,23H2,1-2H3. The van der Waals surface area contributed by atoms with Gasteiger partial charge in [0.2, 0.25) is 0 Å². The third kappa shape index (κ3) is 4.64. The maximum absolute atomic E-state index is 9.70. The first kappa shape index (κ1) is 26.3. The Morgan fingerprint density at radius 1 is 0.756 bits per heavy atom. The number of benzene rings is 4. The summed E-state index contributed by atoms with van der Waals surface area (Å²) in [5.41, 5.74) is 5.30. The number of rotatable bonds is 10. The van der Waals surface area contributed by atoms with Crippen molar-refractivity contribution < 1.29 is 14.6 Å². The SMILES string of the molecule is COc1cc2c(CCO)nn(Cc3cn(C(c4ccccc4)(c4ccccc4)c4ccccc4)cn3)c2cc1OC. The van der Waals surface area contributed by atoms with Gasteiger partial charge in [0.1, 0.15) is 5.54 Å². The van der Waals surface area contributed by atoms with Gasteiger partial charge in [-0.1, -0.05) is 91.0 Å². The Hall–Kier alpha value is -4.88. The second-order valence-electron chi connectivity index (χ2n) is 9.88. The molecule has 0 bridgehead atoms. The Balaban J connectivity index is 1.51. The smallest absolute Gasteiger partial charge is 0.162 e. The van der Waals surface area contributed by atoms with Gasteiger partial charge in [0.15, 0.2) is 11.5 Å². The van der Waals surface area contributed by atoms with Crippen molar-refractivity contribution in [1.29, 1.82) is 0 Å². The zero-order valence-electron chi connectivity index (χ0n) is 23.1. The van der Waals surface area contributed by atoms with Crippen molar-refractivity contribution in [1.82, 2.24) is 19.3 Å². The van der Waals surface area contributed by atoms with Crippen LogP contribution in [0.5, 0.6) is 11.5 Å². The molecular formula is C34H32N4O3. The molecule has 0 fully saturated rings. The molecular weight excluding hydrogens is 512 g/mol. The van der Waals surface area contributed by atoms with Crippen LogP contribution in [0, 0.1) is 0 Å². The second kappa shape index (κ2) is 11.3. The van der Waals surface area contributed by atoms with Crippen molar-refractivity contribution in [2.75, 3.05) is 20.8 Å². The Morgan fingerprint density at radius 2 is 1.29 bits per heavy atom. The molecule has 0 aliphatic carbocycles. The molecule has 0 atom stereocenters. The Kier molecular flexibility index (Phi) is 7.27. The van der Waals surface area contributed by atoms with Crippen LogP contribution in [0.3, 0.4) is 0 Å². The first-order chi connectivity index (χ1) is 20.2. The lowest BCUT2D eigenvalue weighted by molar-refractivity contribution is 0.298. The highest BCUT2D eigenvalue weighted by atomic mass is 16.5. The first-order valence-corrected chi connectivity index (χ1v) is 13.6. The van der Waals surface area contributed by atoms with Crippen LogP contribution in [-0.2, 0) is 18.5 Å². The molecule has 0 spiro atoms. The van der Waals surface area contributed by atoms with E-state index in [9.17, 15) is 5.11 Å². The van der Waals surface area contributed by atoms with E-state index in [2.05, 4.69) is 83.6 Å². The number of aromatic nitrogens is 4. The van der Waals surface area contributed by atoms with Gasteiger partial charge in [-0.15, -0.1) is 0 Å². The van der Waals surface area contributed by atoms with Crippen molar-refractivity contribution in [2.24, 2.45) is 0 Å². The van der Waals surface area contributed by atoms with Crippen LogP contribution in [0.2, 0.25) is 0 Å². The maximum Gasteiger partial charge on any atom is 0.162 e. The lowest BCUT2D eigenvalue weighted by Gasteiger charge is -2.37. The number of ether oxygens (including phenoxy) is 2. The average Bonchev–Trinajstić information content (AvgIpc) is 3.63.